The van der Waals surface area contributed by atoms with Crippen molar-refractivity contribution in [2.24, 2.45) is 28.9 Å². The molecule has 144 valence electrons. The van der Waals surface area contributed by atoms with Gasteiger partial charge in [-0.15, -0.1) is 0 Å². The minimum atomic E-state index is -2.77. The first kappa shape index (κ1) is 17.1. The number of carbonyl (C=O) groups is 2. The smallest absolute Gasteiger partial charge is 0.282 e. The van der Waals surface area contributed by atoms with E-state index in [1.54, 1.807) is 0 Å². The van der Waals surface area contributed by atoms with Gasteiger partial charge < -0.3 is 10.6 Å². The number of primary amides is 1. The molecule has 1 aliphatic heterocycles. The Morgan fingerprint density at radius 3 is 2.30 bits per heavy atom. The fourth-order valence-electron chi connectivity index (χ4n) is 6.71. The lowest BCUT2D eigenvalue weighted by Gasteiger charge is -2.41. The zero-order valence-electron chi connectivity index (χ0n) is 15.4. The molecule has 0 radical (unpaired) electrons. The van der Waals surface area contributed by atoms with E-state index in [1.807, 2.05) is 25.1 Å². The van der Waals surface area contributed by atoms with Crippen molar-refractivity contribution >= 4 is 11.8 Å². The summed E-state index contributed by atoms with van der Waals surface area (Å²) in [6.07, 6.45) is 3.57. The molecule has 2 amide bonds. The molecule has 6 rings (SSSR count). The number of alkyl halides is 2. The Bertz CT molecular complexity index is 829. The zero-order chi connectivity index (χ0) is 19.1. The van der Waals surface area contributed by atoms with Crippen molar-refractivity contribution < 1.29 is 18.4 Å². The molecule has 1 aromatic rings. The SMILES string of the molecule is Cc1cccc(C2C3CC4CC2CC4(C(N)=O)C3)c1C(=O)N1CC(F)(F)C1. The number of halogens is 2. The van der Waals surface area contributed by atoms with Crippen molar-refractivity contribution in [1.82, 2.24) is 4.90 Å². The van der Waals surface area contributed by atoms with Gasteiger partial charge in [-0.05, 0) is 67.4 Å². The molecule has 4 bridgehead atoms. The van der Waals surface area contributed by atoms with Gasteiger partial charge >= 0.3 is 0 Å². The number of aryl methyl sites for hydroxylation is 1. The van der Waals surface area contributed by atoms with Crippen LogP contribution in [0.2, 0.25) is 0 Å². The summed E-state index contributed by atoms with van der Waals surface area (Å²) in [4.78, 5) is 26.4. The minimum Gasteiger partial charge on any atom is -0.369 e. The lowest BCUT2D eigenvalue weighted by molar-refractivity contribution is -0.129. The first-order valence-corrected chi connectivity index (χ1v) is 9.78. The number of carbonyl (C=O) groups excluding carboxylic acids is 2. The molecule has 1 aromatic carbocycles. The summed E-state index contributed by atoms with van der Waals surface area (Å²) >= 11 is 0. The Balaban J connectivity index is 1.50. The number of hydrogen-bond donors (Lipinski definition) is 1. The van der Waals surface area contributed by atoms with Crippen molar-refractivity contribution in [2.45, 2.75) is 44.4 Å². The highest BCUT2D eigenvalue weighted by Crippen LogP contribution is 2.69. The average Bonchev–Trinajstić information content (AvgIpc) is 3.01. The highest BCUT2D eigenvalue weighted by Gasteiger charge is 2.64. The monoisotopic (exact) mass is 374 g/mol. The second-order valence-corrected chi connectivity index (χ2v) is 9.20. The van der Waals surface area contributed by atoms with Gasteiger partial charge in [-0.1, -0.05) is 18.2 Å². The summed E-state index contributed by atoms with van der Waals surface area (Å²) in [6.45, 7) is 0.886. The van der Waals surface area contributed by atoms with Crippen molar-refractivity contribution in [3.63, 3.8) is 0 Å². The summed E-state index contributed by atoms with van der Waals surface area (Å²) < 4.78 is 26.6. The van der Waals surface area contributed by atoms with Crippen molar-refractivity contribution in [1.29, 1.82) is 0 Å². The van der Waals surface area contributed by atoms with E-state index in [4.69, 9.17) is 5.73 Å². The first-order chi connectivity index (χ1) is 12.7. The van der Waals surface area contributed by atoms with Gasteiger partial charge in [0.15, 0.2) is 0 Å². The molecule has 4 saturated carbocycles. The van der Waals surface area contributed by atoms with E-state index in [-0.39, 0.29) is 23.1 Å². The standard InChI is InChI=1S/C21H24F2N2O2/c1-11-3-2-4-15(16(11)18(26)25-9-21(22,23)10-25)17-12-5-14-6-13(17)8-20(14,7-12)19(24)27/h2-4,12-14,17H,5-10H2,1H3,(H2,24,27). The Morgan fingerprint density at radius 2 is 1.78 bits per heavy atom. The minimum absolute atomic E-state index is 0.167. The van der Waals surface area contributed by atoms with Gasteiger partial charge in [0.25, 0.3) is 11.8 Å². The highest BCUT2D eigenvalue weighted by atomic mass is 19.3. The van der Waals surface area contributed by atoms with E-state index in [1.165, 1.54) is 4.90 Å². The number of nitrogens with zero attached hydrogens (tertiary/aromatic N) is 1. The predicted octanol–water partition coefficient (Wildman–Crippen LogP) is 3.09. The summed E-state index contributed by atoms with van der Waals surface area (Å²) in [5.74, 6) is -1.93. The van der Waals surface area contributed by atoms with Crippen LogP contribution in [0, 0.1) is 30.1 Å². The van der Waals surface area contributed by atoms with Crippen LogP contribution in [0.3, 0.4) is 0 Å². The Labute approximate surface area is 157 Å². The van der Waals surface area contributed by atoms with Crippen LogP contribution in [0.5, 0.6) is 0 Å². The maximum atomic E-state index is 13.3. The fraction of sp³-hybridized carbons (Fsp3) is 0.619. The highest BCUT2D eigenvalue weighted by molar-refractivity contribution is 5.98. The topological polar surface area (TPSA) is 63.4 Å². The third-order valence-electron chi connectivity index (χ3n) is 7.72. The normalized spacial score (nSPS) is 38.1. The Kier molecular flexibility index (Phi) is 3.36. The van der Waals surface area contributed by atoms with Crippen LogP contribution in [0.15, 0.2) is 18.2 Å². The van der Waals surface area contributed by atoms with E-state index >= 15 is 0 Å². The van der Waals surface area contributed by atoms with Gasteiger partial charge in [0.1, 0.15) is 0 Å². The lowest BCUT2D eigenvalue weighted by Crippen LogP contribution is -2.58. The van der Waals surface area contributed by atoms with E-state index in [0.29, 0.717) is 23.3 Å². The molecule has 2 N–H and O–H groups in total. The molecule has 5 fully saturated rings. The fourth-order valence-corrected chi connectivity index (χ4v) is 6.71. The quantitative estimate of drug-likeness (QED) is 0.884. The van der Waals surface area contributed by atoms with Gasteiger partial charge in [0.05, 0.1) is 18.5 Å². The van der Waals surface area contributed by atoms with Crippen molar-refractivity contribution in [2.75, 3.05) is 13.1 Å². The second-order valence-electron chi connectivity index (χ2n) is 9.20. The third kappa shape index (κ3) is 2.25. The molecular formula is C21H24F2N2O2. The van der Waals surface area contributed by atoms with Crippen LogP contribution in [0.4, 0.5) is 8.78 Å². The van der Waals surface area contributed by atoms with E-state index < -0.39 is 19.0 Å². The van der Waals surface area contributed by atoms with Crippen molar-refractivity contribution in [3.8, 4) is 0 Å². The Hall–Kier alpha value is -1.98. The molecule has 4 aliphatic carbocycles. The molecular weight excluding hydrogens is 350 g/mol. The van der Waals surface area contributed by atoms with E-state index in [2.05, 4.69) is 0 Å². The molecule has 2 atom stereocenters. The molecule has 6 heteroatoms. The van der Waals surface area contributed by atoms with Gasteiger partial charge in [-0.3, -0.25) is 9.59 Å². The lowest BCUT2D eigenvalue weighted by atomic mass is 9.65. The molecule has 5 aliphatic rings. The molecule has 4 nitrogen and oxygen atoms in total. The number of nitrogens with two attached hydrogens (primary N) is 1. The van der Waals surface area contributed by atoms with Crippen LogP contribution in [-0.2, 0) is 4.79 Å². The first-order valence-electron chi connectivity index (χ1n) is 9.78. The number of amides is 2. The van der Waals surface area contributed by atoms with Crippen LogP contribution in [-0.4, -0.2) is 35.7 Å². The summed E-state index contributed by atoms with van der Waals surface area (Å²) in [5.41, 5.74) is 7.84. The average molecular weight is 374 g/mol. The maximum Gasteiger partial charge on any atom is 0.282 e. The van der Waals surface area contributed by atoms with Crippen LogP contribution >= 0.6 is 0 Å². The van der Waals surface area contributed by atoms with Gasteiger partial charge in [0.2, 0.25) is 5.91 Å². The molecule has 1 saturated heterocycles. The van der Waals surface area contributed by atoms with Gasteiger partial charge in [0, 0.05) is 5.56 Å². The number of rotatable bonds is 3. The molecule has 27 heavy (non-hydrogen) atoms. The van der Waals surface area contributed by atoms with Crippen molar-refractivity contribution in [3.05, 3.63) is 34.9 Å². The number of likely N-dealkylation sites (tertiary alicyclic amines) is 1. The van der Waals surface area contributed by atoms with Gasteiger partial charge in [-0.2, -0.15) is 0 Å². The number of benzene rings is 1. The zero-order valence-corrected chi connectivity index (χ0v) is 15.4. The van der Waals surface area contributed by atoms with E-state index in [0.717, 1.165) is 36.8 Å². The molecule has 0 spiro atoms. The van der Waals surface area contributed by atoms with Crippen LogP contribution in [0.25, 0.3) is 0 Å². The summed E-state index contributed by atoms with van der Waals surface area (Å²) in [5, 5.41) is 0. The Morgan fingerprint density at radius 1 is 1.15 bits per heavy atom. The van der Waals surface area contributed by atoms with Crippen LogP contribution < -0.4 is 5.73 Å². The van der Waals surface area contributed by atoms with E-state index in [9.17, 15) is 18.4 Å². The third-order valence-corrected chi connectivity index (χ3v) is 7.72. The second kappa shape index (κ2) is 5.30. The maximum absolute atomic E-state index is 13.3. The van der Waals surface area contributed by atoms with Crippen LogP contribution in [0.1, 0.15) is 53.1 Å². The predicted molar refractivity (Wildman–Crippen MR) is 95.3 cm³/mol. The molecule has 0 aromatic heterocycles. The van der Waals surface area contributed by atoms with Gasteiger partial charge in [-0.25, -0.2) is 8.78 Å². The number of hydrogen-bond acceptors (Lipinski definition) is 2. The largest absolute Gasteiger partial charge is 0.369 e. The summed E-state index contributed by atoms with van der Waals surface area (Å²) in [7, 11) is 0. The molecule has 2 unspecified atom stereocenters. The molecule has 1 heterocycles. The summed E-state index contributed by atoms with van der Waals surface area (Å²) in [6, 6.07) is 5.82.